The van der Waals surface area contributed by atoms with E-state index in [1.807, 2.05) is 18.2 Å². The maximum absolute atomic E-state index is 13.0. The number of ketones is 1. The second-order valence-corrected chi connectivity index (χ2v) is 4.82. The van der Waals surface area contributed by atoms with Crippen LogP contribution in [-0.4, -0.2) is 39.9 Å². The molecule has 0 amide bonds. The van der Waals surface area contributed by atoms with Gasteiger partial charge in [-0.25, -0.2) is 9.18 Å². The van der Waals surface area contributed by atoms with Crippen molar-refractivity contribution in [2.45, 2.75) is 50.6 Å². The summed E-state index contributed by atoms with van der Waals surface area (Å²) in [7, 11) is 0. The molecule has 0 aromatic carbocycles. The predicted octanol–water partition coefficient (Wildman–Crippen LogP) is 3.91. The van der Waals surface area contributed by atoms with Crippen molar-refractivity contribution in [1.29, 1.82) is 0 Å². The molecule has 24 heavy (non-hydrogen) atoms. The third kappa shape index (κ3) is 6.21. The Labute approximate surface area is 135 Å². The van der Waals surface area contributed by atoms with E-state index in [9.17, 15) is 31.5 Å². The highest BCUT2D eigenvalue weighted by atomic mass is 19.3. The smallest absolute Gasteiger partial charge is 0.381 e. The number of carbonyl (C=O) groups is 2. The number of halogens is 5. The summed E-state index contributed by atoms with van der Waals surface area (Å²) >= 11 is 0. The molecule has 1 N–H and O–H groups in total. The fraction of sp³-hybridized carbons (Fsp3) is 0.533. The lowest BCUT2D eigenvalue weighted by Crippen LogP contribution is -2.55. The first-order chi connectivity index (χ1) is 11.1. The molecular formula is C15H18F5NO3. The predicted molar refractivity (Wildman–Crippen MR) is 75.8 cm³/mol. The van der Waals surface area contributed by atoms with Crippen LogP contribution in [0.25, 0.3) is 0 Å². The number of carboxylic acid groups (broad SMARTS) is 1. The fourth-order valence-electron chi connectivity index (χ4n) is 1.55. The van der Waals surface area contributed by atoms with Gasteiger partial charge in [-0.2, -0.15) is 17.6 Å². The van der Waals surface area contributed by atoms with Crippen LogP contribution >= 0.6 is 0 Å². The molecule has 1 heterocycles. The third-order valence-corrected chi connectivity index (χ3v) is 2.92. The lowest BCUT2D eigenvalue weighted by Gasteiger charge is -2.26. The van der Waals surface area contributed by atoms with Crippen LogP contribution in [0.1, 0.15) is 32.6 Å². The number of rotatable bonds is 8. The van der Waals surface area contributed by atoms with Crippen molar-refractivity contribution in [2.75, 3.05) is 0 Å². The molecule has 0 saturated carbocycles. The van der Waals surface area contributed by atoms with Crippen molar-refractivity contribution < 1.29 is 36.6 Å². The largest absolute Gasteiger partial charge is 0.475 e. The second kappa shape index (κ2) is 9.94. The highest BCUT2D eigenvalue weighted by Crippen LogP contribution is 2.40. The van der Waals surface area contributed by atoms with E-state index < -0.39 is 36.2 Å². The molecule has 0 bridgehead atoms. The Balaban J connectivity index is 0.000000728. The minimum Gasteiger partial charge on any atom is -0.475 e. The number of unbranched alkanes of at least 4 members (excludes halogenated alkanes) is 2. The Morgan fingerprint density at radius 2 is 1.62 bits per heavy atom. The molecule has 1 aromatic rings. The first kappa shape index (κ1) is 21.9. The first-order valence-electron chi connectivity index (χ1n) is 7.11. The van der Waals surface area contributed by atoms with E-state index in [0.717, 1.165) is 0 Å². The summed E-state index contributed by atoms with van der Waals surface area (Å²) in [6, 6.07) is 5.72. The number of aliphatic carboxylic acids is 1. The molecule has 0 aliphatic heterocycles. The Morgan fingerprint density at radius 1 is 1.08 bits per heavy atom. The van der Waals surface area contributed by atoms with Gasteiger partial charge in [0.1, 0.15) is 0 Å². The van der Waals surface area contributed by atoms with Gasteiger partial charge in [-0.05, 0) is 18.6 Å². The zero-order chi connectivity index (χ0) is 18.8. The van der Waals surface area contributed by atoms with Gasteiger partial charge in [0, 0.05) is 12.4 Å². The highest BCUT2D eigenvalue weighted by molar-refractivity contribution is 6.35. The number of aromatic nitrogens is 1. The van der Waals surface area contributed by atoms with E-state index in [1.54, 1.807) is 19.3 Å². The van der Waals surface area contributed by atoms with Crippen LogP contribution in [0.3, 0.4) is 0 Å². The van der Waals surface area contributed by atoms with Crippen LogP contribution in [0.5, 0.6) is 0 Å². The quantitative estimate of drug-likeness (QED) is 0.436. The van der Waals surface area contributed by atoms with E-state index in [2.05, 4.69) is 4.98 Å². The van der Waals surface area contributed by atoms with E-state index in [4.69, 9.17) is 5.11 Å². The van der Waals surface area contributed by atoms with Gasteiger partial charge in [-0.15, -0.1) is 0 Å². The Bertz CT molecular complexity index is 484. The molecule has 0 spiro atoms. The lowest BCUT2D eigenvalue weighted by atomic mass is 9.98. The summed E-state index contributed by atoms with van der Waals surface area (Å²) in [5.41, 5.74) is 0. The topological polar surface area (TPSA) is 67.3 Å². The van der Waals surface area contributed by atoms with Crippen LogP contribution in [0, 0.1) is 0 Å². The van der Waals surface area contributed by atoms with Gasteiger partial charge in [-0.1, -0.05) is 32.3 Å². The van der Waals surface area contributed by atoms with E-state index in [1.165, 1.54) is 0 Å². The van der Waals surface area contributed by atoms with Crippen molar-refractivity contribution in [3.63, 3.8) is 0 Å². The van der Waals surface area contributed by atoms with Gasteiger partial charge in [0.25, 0.3) is 0 Å². The van der Waals surface area contributed by atoms with Crippen molar-refractivity contribution in [3.8, 4) is 0 Å². The number of hydrogen-bond acceptors (Lipinski definition) is 3. The van der Waals surface area contributed by atoms with Crippen molar-refractivity contribution in [1.82, 2.24) is 4.98 Å². The van der Waals surface area contributed by atoms with Gasteiger partial charge >= 0.3 is 23.6 Å². The second-order valence-electron chi connectivity index (χ2n) is 4.82. The normalized spacial score (nSPS) is 12.8. The molecule has 4 nitrogen and oxygen atoms in total. The monoisotopic (exact) mass is 355 g/mol. The standard InChI is InChI=1S/C10H13F5O3.C5H5N/c1-2-3-4-5-6(11)9(12,13)10(14,15)7(16)8(17)18;1-2-4-6-5-3-1/h6H,2-5H2,1H3,(H,17,18);1-5H. The fourth-order valence-corrected chi connectivity index (χ4v) is 1.55. The molecule has 1 atom stereocenters. The molecule has 1 unspecified atom stereocenters. The van der Waals surface area contributed by atoms with E-state index >= 15 is 0 Å². The number of pyridine rings is 1. The number of alkyl halides is 5. The third-order valence-electron chi connectivity index (χ3n) is 2.92. The molecule has 1 rings (SSSR count). The zero-order valence-corrected chi connectivity index (χ0v) is 12.9. The Morgan fingerprint density at radius 3 is 1.96 bits per heavy atom. The average molecular weight is 355 g/mol. The minimum absolute atomic E-state index is 0.0510. The maximum atomic E-state index is 13.0. The summed E-state index contributed by atoms with van der Waals surface area (Å²) in [6.45, 7) is 1.70. The Kier molecular flexibility index (Phi) is 9.09. The van der Waals surface area contributed by atoms with Crippen molar-refractivity contribution in [3.05, 3.63) is 30.6 Å². The van der Waals surface area contributed by atoms with Gasteiger partial charge in [0.15, 0.2) is 6.17 Å². The molecule has 0 radical (unpaired) electrons. The van der Waals surface area contributed by atoms with E-state index in [0.29, 0.717) is 12.8 Å². The summed E-state index contributed by atoms with van der Waals surface area (Å²) in [5, 5.41) is 7.99. The minimum atomic E-state index is -5.55. The van der Waals surface area contributed by atoms with Gasteiger partial charge in [0.2, 0.25) is 0 Å². The van der Waals surface area contributed by atoms with Crippen molar-refractivity contribution >= 4 is 11.8 Å². The summed E-state index contributed by atoms with van der Waals surface area (Å²) in [6.07, 6.45) is 0.272. The molecule has 0 aliphatic rings. The van der Waals surface area contributed by atoms with Crippen LogP contribution in [0.15, 0.2) is 30.6 Å². The highest BCUT2D eigenvalue weighted by Gasteiger charge is 2.67. The molecule has 1 aromatic heterocycles. The number of Topliss-reactive ketones (excluding diaryl/α,β-unsaturated/α-hetero) is 1. The number of carbonyl (C=O) groups excluding carboxylic acids is 1. The van der Waals surface area contributed by atoms with Crippen LogP contribution < -0.4 is 0 Å². The number of nitrogens with zero attached hydrogens (tertiary/aromatic N) is 1. The van der Waals surface area contributed by atoms with Crippen molar-refractivity contribution in [2.24, 2.45) is 0 Å². The lowest BCUT2D eigenvalue weighted by molar-refractivity contribution is -0.233. The molecule has 0 aliphatic carbocycles. The molecule has 136 valence electrons. The van der Waals surface area contributed by atoms with Crippen LogP contribution in [-0.2, 0) is 9.59 Å². The van der Waals surface area contributed by atoms with Crippen LogP contribution in [0.2, 0.25) is 0 Å². The van der Waals surface area contributed by atoms with Gasteiger partial charge < -0.3 is 5.11 Å². The van der Waals surface area contributed by atoms with Gasteiger partial charge in [-0.3, -0.25) is 9.78 Å². The van der Waals surface area contributed by atoms with Gasteiger partial charge in [0.05, 0.1) is 0 Å². The first-order valence-corrected chi connectivity index (χ1v) is 7.11. The summed E-state index contributed by atoms with van der Waals surface area (Å²) < 4.78 is 64.9. The number of hydrogen-bond donors (Lipinski definition) is 1. The molecule has 0 fully saturated rings. The van der Waals surface area contributed by atoms with E-state index in [-0.39, 0.29) is 6.42 Å². The molecule has 0 saturated heterocycles. The molecule has 9 heteroatoms. The Hall–Kier alpha value is -2.06. The SMILES string of the molecule is CCCCCC(F)C(F)(F)C(F)(F)C(=O)C(=O)O.c1ccncc1. The zero-order valence-electron chi connectivity index (χ0n) is 12.9. The molecular weight excluding hydrogens is 337 g/mol. The average Bonchev–Trinajstić information content (AvgIpc) is 2.56. The summed E-state index contributed by atoms with van der Waals surface area (Å²) in [5.74, 6) is -16.6. The number of carboxylic acids is 1. The van der Waals surface area contributed by atoms with Crippen LogP contribution in [0.4, 0.5) is 22.0 Å². The maximum Gasteiger partial charge on any atom is 0.381 e. The summed E-state index contributed by atoms with van der Waals surface area (Å²) in [4.78, 5) is 24.2.